The SMILES string of the molecule is CC(C#N)C(=O)NCC(C)(C)c1cccs1. The van der Waals surface area contributed by atoms with Gasteiger partial charge in [-0.15, -0.1) is 11.3 Å². The molecule has 1 rings (SSSR count). The molecule has 0 bridgehead atoms. The molecule has 1 N–H and O–H groups in total. The molecule has 0 aliphatic carbocycles. The van der Waals surface area contributed by atoms with E-state index in [-0.39, 0.29) is 11.3 Å². The minimum atomic E-state index is -0.584. The van der Waals surface area contributed by atoms with E-state index >= 15 is 0 Å². The van der Waals surface area contributed by atoms with Gasteiger partial charge in [0, 0.05) is 16.8 Å². The van der Waals surface area contributed by atoms with Crippen LogP contribution in [0.1, 0.15) is 25.6 Å². The van der Waals surface area contributed by atoms with Crippen molar-refractivity contribution in [2.45, 2.75) is 26.2 Å². The number of rotatable bonds is 4. The predicted molar refractivity (Wildman–Crippen MR) is 65.1 cm³/mol. The van der Waals surface area contributed by atoms with Crippen molar-refractivity contribution in [1.29, 1.82) is 5.26 Å². The fraction of sp³-hybridized carbons (Fsp3) is 0.500. The fourth-order valence-corrected chi connectivity index (χ4v) is 2.12. The zero-order chi connectivity index (χ0) is 12.2. The highest BCUT2D eigenvalue weighted by molar-refractivity contribution is 7.10. The van der Waals surface area contributed by atoms with Gasteiger partial charge in [-0.1, -0.05) is 19.9 Å². The van der Waals surface area contributed by atoms with E-state index < -0.39 is 5.92 Å². The Morgan fingerprint density at radius 1 is 1.69 bits per heavy atom. The summed E-state index contributed by atoms with van der Waals surface area (Å²) in [4.78, 5) is 12.7. The topological polar surface area (TPSA) is 52.9 Å². The zero-order valence-corrected chi connectivity index (χ0v) is 10.6. The first-order valence-corrected chi connectivity index (χ1v) is 6.06. The third-order valence-corrected chi connectivity index (χ3v) is 3.72. The summed E-state index contributed by atoms with van der Waals surface area (Å²) in [7, 11) is 0. The smallest absolute Gasteiger partial charge is 0.237 e. The van der Waals surface area contributed by atoms with Crippen molar-refractivity contribution in [3.05, 3.63) is 22.4 Å². The molecule has 0 spiro atoms. The molecule has 86 valence electrons. The maximum absolute atomic E-state index is 11.5. The monoisotopic (exact) mass is 236 g/mol. The highest BCUT2D eigenvalue weighted by atomic mass is 32.1. The van der Waals surface area contributed by atoms with E-state index in [2.05, 4.69) is 25.2 Å². The number of thiophene rings is 1. The first-order chi connectivity index (χ1) is 7.47. The number of nitrogens with one attached hydrogen (secondary N) is 1. The molecule has 0 aliphatic rings. The minimum Gasteiger partial charge on any atom is -0.354 e. The maximum atomic E-state index is 11.5. The Kier molecular flexibility index (Phi) is 4.08. The van der Waals surface area contributed by atoms with E-state index in [4.69, 9.17) is 5.26 Å². The van der Waals surface area contributed by atoms with Gasteiger partial charge >= 0.3 is 0 Å². The van der Waals surface area contributed by atoms with Crippen molar-refractivity contribution in [2.24, 2.45) is 5.92 Å². The Morgan fingerprint density at radius 2 is 2.38 bits per heavy atom. The lowest BCUT2D eigenvalue weighted by molar-refractivity contribution is -0.123. The van der Waals surface area contributed by atoms with Gasteiger partial charge in [0.15, 0.2) is 0 Å². The van der Waals surface area contributed by atoms with Crippen molar-refractivity contribution >= 4 is 17.2 Å². The molecule has 1 heterocycles. The van der Waals surface area contributed by atoms with Gasteiger partial charge in [0.2, 0.25) is 5.91 Å². The third kappa shape index (κ3) is 3.07. The van der Waals surface area contributed by atoms with Gasteiger partial charge < -0.3 is 5.32 Å². The standard InChI is InChI=1S/C12H16N2OS/c1-9(7-13)11(15)14-8-12(2,3)10-5-4-6-16-10/h4-6,9H,8H2,1-3H3,(H,14,15). The number of amides is 1. The molecule has 0 radical (unpaired) electrons. The van der Waals surface area contributed by atoms with Gasteiger partial charge in [-0.2, -0.15) is 5.26 Å². The summed E-state index contributed by atoms with van der Waals surface area (Å²) >= 11 is 1.68. The van der Waals surface area contributed by atoms with Crippen LogP contribution < -0.4 is 5.32 Å². The van der Waals surface area contributed by atoms with Gasteiger partial charge in [0.05, 0.1) is 6.07 Å². The Bertz CT molecular complexity index is 390. The van der Waals surface area contributed by atoms with Crippen molar-refractivity contribution in [3.8, 4) is 6.07 Å². The van der Waals surface area contributed by atoms with Crippen molar-refractivity contribution in [1.82, 2.24) is 5.32 Å². The van der Waals surface area contributed by atoms with Crippen LogP contribution >= 0.6 is 11.3 Å². The number of carbonyl (C=O) groups excluding carboxylic acids is 1. The number of nitriles is 1. The van der Waals surface area contributed by atoms with E-state index in [1.165, 1.54) is 4.88 Å². The van der Waals surface area contributed by atoms with Crippen LogP contribution in [-0.2, 0) is 10.2 Å². The van der Waals surface area contributed by atoms with E-state index in [0.717, 1.165) is 0 Å². The van der Waals surface area contributed by atoms with Crippen LogP contribution in [0.15, 0.2) is 17.5 Å². The summed E-state index contributed by atoms with van der Waals surface area (Å²) in [6.45, 7) is 6.32. The van der Waals surface area contributed by atoms with Gasteiger partial charge in [-0.05, 0) is 18.4 Å². The zero-order valence-electron chi connectivity index (χ0n) is 9.78. The van der Waals surface area contributed by atoms with Crippen LogP contribution in [0, 0.1) is 17.2 Å². The van der Waals surface area contributed by atoms with Crippen LogP contribution in [0.4, 0.5) is 0 Å². The van der Waals surface area contributed by atoms with Gasteiger partial charge in [-0.25, -0.2) is 0 Å². The molecular formula is C12H16N2OS. The molecule has 0 saturated heterocycles. The second-order valence-corrected chi connectivity index (χ2v) is 5.38. The second kappa shape index (κ2) is 5.13. The average Bonchev–Trinajstić information content (AvgIpc) is 2.78. The molecule has 3 nitrogen and oxygen atoms in total. The van der Waals surface area contributed by atoms with Crippen LogP contribution in [0.25, 0.3) is 0 Å². The number of carbonyl (C=O) groups is 1. The first kappa shape index (κ1) is 12.7. The summed E-state index contributed by atoms with van der Waals surface area (Å²) in [6, 6.07) is 5.99. The predicted octanol–water partition coefficient (Wildman–Crippen LogP) is 2.30. The Morgan fingerprint density at radius 3 is 2.88 bits per heavy atom. The van der Waals surface area contributed by atoms with E-state index in [1.807, 2.05) is 17.5 Å². The van der Waals surface area contributed by atoms with E-state index in [9.17, 15) is 4.79 Å². The summed E-state index contributed by atoms with van der Waals surface area (Å²) in [6.07, 6.45) is 0. The highest BCUT2D eigenvalue weighted by Gasteiger charge is 2.23. The molecule has 1 aromatic heterocycles. The summed E-state index contributed by atoms with van der Waals surface area (Å²) in [5.41, 5.74) is -0.0843. The van der Waals surface area contributed by atoms with Gasteiger partial charge in [-0.3, -0.25) is 4.79 Å². The van der Waals surface area contributed by atoms with Gasteiger partial charge in [0.25, 0.3) is 0 Å². The second-order valence-electron chi connectivity index (χ2n) is 4.43. The average molecular weight is 236 g/mol. The highest BCUT2D eigenvalue weighted by Crippen LogP contribution is 2.26. The van der Waals surface area contributed by atoms with Crippen LogP contribution in [0.2, 0.25) is 0 Å². The largest absolute Gasteiger partial charge is 0.354 e. The lowest BCUT2D eigenvalue weighted by Crippen LogP contribution is -2.38. The first-order valence-electron chi connectivity index (χ1n) is 5.18. The number of nitrogens with zero attached hydrogens (tertiary/aromatic N) is 1. The van der Waals surface area contributed by atoms with E-state index in [1.54, 1.807) is 18.3 Å². The summed E-state index contributed by atoms with van der Waals surface area (Å²) in [5, 5.41) is 13.4. The van der Waals surface area contributed by atoms with Crippen molar-refractivity contribution in [2.75, 3.05) is 6.54 Å². The third-order valence-electron chi connectivity index (χ3n) is 2.48. The molecule has 1 atom stereocenters. The van der Waals surface area contributed by atoms with Crippen LogP contribution in [0.5, 0.6) is 0 Å². The van der Waals surface area contributed by atoms with E-state index in [0.29, 0.717) is 6.54 Å². The molecule has 1 aromatic rings. The fourth-order valence-electron chi connectivity index (χ4n) is 1.27. The Hall–Kier alpha value is -1.34. The molecule has 4 heteroatoms. The number of hydrogen-bond acceptors (Lipinski definition) is 3. The van der Waals surface area contributed by atoms with Gasteiger partial charge in [0.1, 0.15) is 5.92 Å². The lowest BCUT2D eigenvalue weighted by atomic mass is 9.91. The molecule has 1 unspecified atom stereocenters. The molecular weight excluding hydrogens is 220 g/mol. The summed E-state index contributed by atoms with van der Waals surface area (Å²) < 4.78 is 0. The summed E-state index contributed by atoms with van der Waals surface area (Å²) in [5.74, 6) is -0.786. The molecule has 0 aliphatic heterocycles. The minimum absolute atomic E-state index is 0.0843. The number of hydrogen-bond donors (Lipinski definition) is 1. The maximum Gasteiger partial charge on any atom is 0.237 e. The lowest BCUT2D eigenvalue weighted by Gasteiger charge is -2.23. The van der Waals surface area contributed by atoms with Crippen LogP contribution in [-0.4, -0.2) is 12.5 Å². The molecule has 0 fully saturated rings. The molecule has 1 amide bonds. The Labute approximate surface area is 100 Å². The Balaban J connectivity index is 2.56. The molecule has 0 saturated carbocycles. The van der Waals surface area contributed by atoms with Crippen molar-refractivity contribution in [3.63, 3.8) is 0 Å². The quantitative estimate of drug-likeness (QED) is 0.872. The van der Waals surface area contributed by atoms with Crippen LogP contribution in [0.3, 0.4) is 0 Å². The molecule has 0 aromatic carbocycles. The normalized spacial score (nSPS) is 12.9. The van der Waals surface area contributed by atoms with Crippen molar-refractivity contribution < 1.29 is 4.79 Å². The molecule has 16 heavy (non-hydrogen) atoms.